The third-order valence-electron chi connectivity index (χ3n) is 3.90. The number of hydrogen-bond donors (Lipinski definition) is 1. The molecule has 1 saturated heterocycles. The topological polar surface area (TPSA) is 33.1 Å². The molecule has 0 amide bonds. The maximum absolute atomic E-state index is 13.9. The van der Waals surface area contributed by atoms with Gasteiger partial charge in [-0.15, -0.1) is 0 Å². The van der Waals surface area contributed by atoms with Crippen molar-refractivity contribution < 1.29 is 8.78 Å². The van der Waals surface area contributed by atoms with Crippen molar-refractivity contribution >= 4 is 0 Å². The molecule has 3 rings (SSSR count). The fourth-order valence-electron chi connectivity index (χ4n) is 2.76. The third-order valence-corrected chi connectivity index (χ3v) is 3.90. The molecule has 6 heteroatoms. The average Bonchev–Trinajstić information content (AvgIpc) is 2.89. The van der Waals surface area contributed by atoms with Gasteiger partial charge in [0.05, 0.1) is 6.04 Å². The van der Waals surface area contributed by atoms with Crippen molar-refractivity contribution in [1.82, 2.24) is 19.8 Å². The predicted octanol–water partition coefficient (Wildman–Crippen LogP) is 1.84. The van der Waals surface area contributed by atoms with Crippen LogP contribution in [0.3, 0.4) is 0 Å². The van der Waals surface area contributed by atoms with E-state index in [0.717, 1.165) is 31.5 Å². The van der Waals surface area contributed by atoms with E-state index in [1.165, 1.54) is 12.1 Å². The molecule has 4 nitrogen and oxygen atoms in total. The Morgan fingerprint density at radius 2 is 2.24 bits per heavy atom. The highest BCUT2D eigenvalue weighted by Crippen LogP contribution is 2.23. The molecule has 1 aromatic carbocycles. The van der Waals surface area contributed by atoms with Crippen LogP contribution in [0.4, 0.5) is 8.78 Å². The maximum Gasteiger partial charge on any atom is 0.130 e. The molecule has 0 spiro atoms. The predicted molar refractivity (Wildman–Crippen MR) is 75.6 cm³/mol. The maximum atomic E-state index is 13.9. The van der Waals surface area contributed by atoms with Crippen LogP contribution in [0.25, 0.3) is 0 Å². The highest BCUT2D eigenvalue weighted by molar-refractivity contribution is 5.19. The molecular weight excluding hydrogens is 274 g/mol. The quantitative estimate of drug-likeness (QED) is 0.937. The molecule has 112 valence electrons. The molecule has 0 aliphatic carbocycles. The molecule has 1 atom stereocenters. The number of hydrogen-bond acceptors (Lipinski definition) is 3. The van der Waals surface area contributed by atoms with Gasteiger partial charge >= 0.3 is 0 Å². The van der Waals surface area contributed by atoms with Crippen molar-refractivity contribution in [2.75, 3.05) is 19.6 Å². The number of rotatable bonds is 3. The fourth-order valence-corrected chi connectivity index (χ4v) is 2.76. The molecule has 1 aliphatic rings. The van der Waals surface area contributed by atoms with E-state index in [9.17, 15) is 8.78 Å². The lowest BCUT2D eigenvalue weighted by atomic mass is 10.1. The number of benzene rings is 1. The van der Waals surface area contributed by atoms with Crippen LogP contribution in [0.1, 0.15) is 17.4 Å². The average molecular weight is 292 g/mol. The van der Waals surface area contributed by atoms with Gasteiger partial charge in [0.1, 0.15) is 17.5 Å². The Balaban J connectivity index is 1.83. The van der Waals surface area contributed by atoms with Gasteiger partial charge in [-0.25, -0.2) is 13.8 Å². The number of nitrogens with zero attached hydrogens (tertiary/aromatic N) is 3. The van der Waals surface area contributed by atoms with Gasteiger partial charge in [-0.2, -0.15) is 0 Å². The van der Waals surface area contributed by atoms with Crippen LogP contribution in [0.2, 0.25) is 0 Å². The van der Waals surface area contributed by atoms with Gasteiger partial charge in [-0.1, -0.05) is 6.07 Å². The molecule has 2 aromatic rings. The van der Waals surface area contributed by atoms with Crippen LogP contribution < -0.4 is 5.32 Å². The molecule has 1 aliphatic heterocycles. The van der Waals surface area contributed by atoms with Crippen molar-refractivity contribution in [2.24, 2.45) is 7.05 Å². The first-order valence-electron chi connectivity index (χ1n) is 7.01. The Labute approximate surface area is 122 Å². The summed E-state index contributed by atoms with van der Waals surface area (Å²) in [6.07, 6.45) is 3.67. The van der Waals surface area contributed by atoms with Gasteiger partial charge in [-0.05, 0) is 6.07 Å². The van der Waals surface area contributed by atoms with Gasteiger partial charge in [0.15, 0.2) is 0 Å². The van der Waals surface area contributed by atoms with Crippen molar-refractivity contribution in [2.45, 2.75) is 12.6 Å². The van der Waals surface area contributed by atoms with Crippen molar-refractivity contribution in [3.8, 4) is 0 Å². The van der Waals surface area contributed by atoms with E-state index in [1.807, 2.05) is 17.8 Å². The summed E-state index contributed by atoms with van der Waals surface area (Å²) in [6, 6.07) is 3.84. The summed E-state index contributed by atoms with van der Waals surface area (Å²) < 4.78 is 28.8. The molecule has 0 bridgehead atoms. The lowest BCUT2D eigenvalue weighted by Gasteiger charge is -2.35. The Morgan fingerprint density at radius 3 is 2.95 bits per heavy atom. The van der Waals surface area contributed by atoms with E-state index in [1.54, 1.807) is 6.20 Å². The monoisotopic (exact) mass is 292 g/mol. The summed E-state index contributed by atoms with van der Waals surface area (Å²) in [5.74, 6) is -0.0888. The summed E-state index contributed by atoms with van der Waals surface area (Å²) in [6.45, 7) is 2.87. The molecule has 1 fully saturated rings. The summed E-state index contributed by atoms with van der Waals surface area (Å²) in [7, 11) is 1.95. The highest BCUT2D eigenvalue weighted by atomic mass is 19.1. The second-order valence-electron chi connectivity index (χ2n) is 5.32. The number of piperazine rings is 1. The lowest BCUT2D eigenvalue weighted by molar-refractivity contribution is 0.143. The zero-order valence-corrected chi connectivity index (χ0v) is 11.9. The highest BCUT2D eigenvalue weighted by Gasteiger charge is 2.27. The van der Waals surface area contributed by atoms with E-state index in [2.05, 4.69) is 15.2 Å². The lowest BCUT2D eigenvalue weighted by Crippen LogP contribution is -2.46. The first kappa shape index (κ1) is 14.2. The molecule has 2 heterocycles. The van der Waals surface area contributed by atoms with Crippen LogP contribution in [0.5, 0.6) is 0 Å². The first-order chi connectivity index (χ1) is 10.1. The first-order valence-corrected chi connectivity index (χ1v) is 7.01. The Kier molecular flexibility index (Phi) is 3.98. The Hall–Kier alpha value is -1.79. The number of halogens is 2. The van der Waals surface area contributed by atoms with Crippen LogP contribution >= 0.6 is 0 Å². The van der Waals surface area contributed by atoms with E-state index in [4.69, 9.17) is 0 Å². The van der Waals surface area contributed by atoms with E-state index in [-0.39, 0.29) is 6.04 Å². The zero-order valence-electron chi connectivity index (χ0n) is 11.9. The molecule has 0 saturated carbocycles. The fraction of sp³-hybridized carbons (Fsp3) is 0.400. The van der Waals surface area contributed by atoms with Gasteiger partial charge in [0.25, 0.3) is 0 Å². The van der Waals surface area contributed by atoms with Crippen LogP contribution in [-0.4, -0.2) is 34.1 Å². The van der Waals surface area contributed by atoms with Gasteiger partial charge in [-0.3, -0.25) is 4.90 Å². The van der Waals surface area contributed by atoms with Crippen molar-refractivity contribution in [3.63, 3.8) is 0 Å². The van der Waals surface area contributed by atoms with Gasteiger partial charge < -0.3 is 9.88 Å². The van der Waals surface area contributed by atoms with Crippen LogP contribution in [0, 0.1) is 11.6 Å². The minimum atomic E-state index is -0.544. The van der Waals surface area contributed by atoms with E-state index < -0.39 is 11.6 Å². The zero-order chi connectivity index (χ0) is 14.8. The molecule has 0 radical (unpaired) electrons. The molecule has 1 unspecified atom stereocenters. The Morgan fingerprint density at radius 1 is 1.38 bits per heavy atom. The number of aromatic nitrogens is 2. The number of nitrogens with one attached hydrogen (secondary N) is 1. The second-order valence-corrected chi connectivity index (χ2v) is 5.32. The minimum absolute atomic E-state index is 0.0863. The van der Waals surface area contributed by atoms with Crippen LogP contribution in [0.15, 0.2) is 30.6 Å². The second kappa shape index (κ2) is 5.91. The minimum Gasteiger partial charge on any atom is -0.337 e. The van der Waals surface area contributed by atoms with E-state index in [0.29, 0.717) is 12.1 Å². The van der Waals surface area contributed by atoms with Crippen molar-refractivity contribution in [1.29, 1.82) is 0 Å². The molecule has 1 aromatic heterocycles. The van der Waals surface area contributed by atoms with Crippen molar-refractivity contribution in [3.05, 3.63) is 53.6 Å². The number of imidazole rings is 1. The normalized spacial score (nSPS) is 19.9. The number of aryl methyl sites for hydroxylation is 1. The largest absolute Gasteiger partial charge is 0.337 e. The summed E-state index contributed by atoms with van der Waals surface area (Å²) in [5, 5.41) is 3.34. The summed E-state index contributed by atoms with van der Waals surface area (Å²) in [4.78, 5) is 6.57. The Bertz CT molecular complexity index is 626. The molecular formula is C15H18F2N4. The SMILES string of the molecule is Cn1ccnc1C1CNCCN1Cc1ccc(F)cc1F. The summed E-state index contributed by atoms with van der Waals surface area (Å²) >= 11 is 0. The van der Waals surface area contributed by atoms with Gasteiger partial charge in [0.2, 0.25) is 0 Å². The third kappa shape index (κ3) is 2.96. The molecule has 21 heavy (non-hydrogen) atoms. The standard InChI is InChI=1S/C15H18F2N4/c1-20-6-5-19-15(20)14-9-18-4-7-21(14)10-11-2-3-12(16)8-13(11)17/h2-3,5-6,8,14,18H,4,7,9-10H2,1H3. The molecule has 1 N–H and O–H groups in total. The smallest absolute Gasteiger partial charge is 0.130 e. The summed E-state index contributed by atoms with van der Waals surface area (Å²) in [5.41, 5.74) is 0.512. The van der Waals surface area contributed by atoms with E-state index >= 15 is 0 Å². The van der Waals surface area contributed by atoms with Gasteiger partial charge in [0, 0.05) is 57.3 Å². The van der Waals surface area contributed by atoms with Crippen LogP contribution in [-0.2, 0) is 13.6 Å².